The summed E-state index contributed by atoms with van der Waals surface area (Å²) in [6, 6.07) is 4.77. The van der Waals surface area contributed by atoms with Gasteiger partial charge in [-0.05, 0) is 50.8 Å². The summed E-state index contributed by atoms with van der Waals surface area (Å²) in [5, 5.41) is 4.02. The molecule has 1 aliphatic rings. The molecule has 0 saturated heterocycles. The summed E-state index contributed by atoms with van der Waals surface area (Å²) in [5.74, 6) is -0.224. The highest BCUT2D eigenvalue weighted by Crippen LogP contribution is 2.26. The van der Waals surface area contributed by atoms with Crippen LogP contribution in [0.3, 0.4) is 0 Å². The zero-order valence-electron chi connectivity index (χ0n) is 10.8. The molecule has 0 radical (unpaired) electrons. The minimum atomic E-state index is -0.405. The number of carbonyl (C=O) groups excluding carboxylic acids is 1. The van der Waals surface area contributed by atoms with Gasteiger partial charge in [-0.15, -0.1) is 0 Å². The maximum absolute atomic E-state index is 11.9. The van der Waals surface area contributed by atoms with E-state index in [4.69, 9.17) is 27.9 Å². The standard InChI is InChI=1S/C14H17Cl2NO2/c1-9(14(18)19-11-4-2-3-5-11)17-10-6-7-12(15)13(16)8-10/h6-9,11,17H,2-5H2,1H3. The molecule has 3 nitrogen and oxygen atoms in total. The third-order valence-corrected chi connectivity index (χ3v) is 3.98. The largest absolute Gasteiger partial charge is 0.461 e. The number of hydrogen-bond acceptors (Lipinski definition) is 3. The van der Waals surface area contributed by atoms with E-state index in [-0.39, 0.29) is 12.1 Å². The minimum Gasteiger partial charge on any atom is -0.461 e. The molecule has 0 aromatic heterocycles. The van der Waals surface area contributed by atoms with Crippen molar-refractivity contribution in [3.8, 4) is 0 Å². The number of hydrogen-bond donors (Lipinski definition) is 1. The molecule has 0 bridgehead atoms. The Bertz CT molecular complexity index is 459. The molecule has 1 fully saturated rings. The van der Waals surface area contributed by atoms with E-state index in [0.29, 0.717) is 10.0 Å². The van der Waals surface area contributed by atoms with Crippen LogP contribution in [0.15, 0.2) is 18.2 Å². The van der Waals surface area contributed by atoms with Gasteiger partial charge in [0.1, 0.15) is 12.1 Å². The third-order valence-electron chi connectivity index (χ3n) is 3.24. The summed E-state index contributed by atoms with van der Waals surface area (Å²) >= 11 is 11.8. The first-order valence-electron chi connectivity index (χ1n) is 6.48. The zero-order chi connectivity index (χ0) is 13.8. The average Bonchev–Trinajstić information content (AvgIpc) is 2.86. The summed E-state index contributed by atoms with van der Waals surface area (Å²) in [4.78, 5) is 11.9. The smallest absolute Gasteiger partial charge is 0.328 e. The monoisotopic (exact) mass is 301 g/mol. The van der Waals surface area contributed by atoms with E-state index in [0.717, 1.165) is 31.4 Å². The lowest BCUT2D eigenvalue weighted by Crippen LogP contribution is -2.30. The molecule has 19 heavy (non-hydrogen) atoms. The van der Waals surface area contributed by atoms with Crippen molar-refractivity contribution < 1.29 is 9.53 Å². The Kier molecular flexibility index (Phi) is 4.94. The minimum absolute atomic E-state index is 0.0885. The van der Waals surface area contributed by atoms with Gasteiger partial charge < -0.3 is 10.1 Å². The molecule has 104 valence electrons. The fourth-order valence-electron chi connectivity index (χ4n) is 2.17. The Hall–Kier alpha value is -0.930. The van der Waals surface area contributed by atoms with Crippen LogP contribution in [0.4, 0.5) is 5.69 Å². The fourth-order valence-corrected chi connectivity index (χ4v) is 2.47. The topological polar surface area (TPSA) is 38.3 Å². The maximum Gasteiger partial charge on any atom is 0.328 e. The molecular weight excluding hydrogens is 285 g/mol. The van der Waals surface area contributed by atoms with Crippen LogP contribution in [-0.2, 0) is 9.53 Å². The lowest BCUT2D eigenvalue weighted by molar-refractivity contribution is -0.149. The van der Waals surface area contributed by atoms with Crippen molar-refractivity contribution >= 4 is 34.9 Å². The highest BCUT2D eigenvalue weighted by atomic mass is 35.5. The summed E-state index contributed by atoms with van der Waals surface area (Å²) in [7, 11) is 0. The number of ether oxygens (including phenoxy) is 1. The Morgan fingerprint density at radius 3 is 2.63 bits per heavy atom. The summed E-state index contributed by atoms with van der Waals surface area (Å²) in [6.07, 6.45) is 4.33. The zero-order valence-corrected chi connectivity index (χ0v) is 12.3. The van der Waals surface area contributed by atoms with Gasteiger partial charge in [-0.25, -0.2) is 4.79 Å². The number of halogens is 2. The van der Waals surface area contributed by atoms with E-state index in [1.165, 1.54) is 0 Å². The maximum atomic E-state index is 11.9. The number of rotatable bonds is 4. The first-order chi connectivity index (χ1) is 9.06. The molecule has 0 amide bonds. The van der Waals surface area contributed by atoms with Crippen molar-refractivity contribution in [1.82, 2.24) is 0 Å². The van der Waals surface area contributed by atoms with E-state index in [1.54, 1.807) is 25.1 Å². The molecular formula is C14H17Cl2NO2. The SMILES string of the molecule is CC(Nc1ccc(Cl)c(Cl)c1)C(=O)OC1CCCC1. The van der Waals surface area contributed by atoms with Gasteiger partial charge in [-0.2, -0.15) is 0 Å². The highest BCUT2D eigenvalue weighted by molar-refractivity contribution is 6.42. The number of carbonyl (C=O) groups is 1. The number of nitrogens with one attached hydrogen (secondary N) is 1. The van der Waals surface area contributed by atoms with Crippen LogP contribution in [-0.4, -0.2) is 18.1 Å². The highest BCUT2D eigenvalue weighted by Gasteiger charge is 2.22. The Morgan fingerprint density at radius 1 is 1.32 bits per heavy atom. The van der Waals surface area contributed by atoms with Crippen LogP contribution >= 0.6 is 23.2 Å². The van der Waals surface area contributed by atoms with Gasteiger partial charge in [0.05, 0.1) is 10.0 Å². The Balaban J connectivity index is 1.90. The molecule has 1 unspecified atom stereocenters. The van der Waals surface area contributed by atoms with Crippen molar-refractivity contribution in [2.75, 3.05) is 5.32 Å². The Morgan fingerprint density at radius 2 is 2.00 bits per heavy atom. The second kappa shape index (κ2) is 6.49. The first-order valence-corrected chi connectivity index (χ1v) is 7.24. The van der Waals surface area contributed by atoms with Crippen molar-refractivity contribution in [2.24, 2.45) is 0 Å². The van der Waals surface area contributed by atoms with Crippen molar-refractivity contribution in [3.63, 3.8) is 0 Å². The normalized spacial score (nSPS) is 17.2. The van der Waals surface area contributed by atoms with Crippen molar-refractivity contribution in [2.45, 2.75) is 44.8 Å². The predicted molar refractivity (Wildman–Crippen MR) is 77.9 cm³/mol. The molecule has 1 saturated carbocycles. The summed E-state index contributed by atoms with van der Waals surface area (Å²) in [5.41, 5.74) is 0.755. The van der Waals surface area contributed by atoms with Crippen LogP contribution in [0, 0.1) is 0 Å². The Labute approximate surface area is 123 Å². The molecule has 1 aromatic rings. The average molecular weight is 302 g/mol. The summed E-state index contributed by atoms with van der Waals surface area (Å²) < 4.78 is 5.44. The van der Waals surface area contributed by atoms with E-state index in [9.17, 15) is 4.79 Å². The van der Waals surface area contributed by atoms with Gasteiger partial charge in [0.15, 0.2) is 0 Å². The van der Waals surface area contributed by atoms with Crippen LogP contribution in [0.2, 0.25) is 10.0 Å². The fraction of sp³-hybridized carbons (Fsp3) is 0.500. The molecule has 1 aliphatic carbocycles. The van der Waals surface area contributed by atoms with E-state index in [1.807, 2.05) is 0 Å². The molecule has 5 heteroatoms. The second-order valence-corrected chi connectivity index (χ2v) is 5.65. The summed E-state index contributed by atoms with van der Waals surface area (Å²) in [6.45, 7) is 1.78. The van der Waals surface area contributed by atoms with Crippen LogP contribution in [0.25, 0.3) is 0 Å². The van der Waals surface area contributed by atoms with E-state index >= 15 is 0 Å². The number of esters is 1. The molecule has 2 rings (SSSR count). The van der Waals surface area contributed by atoms with Gasteiger partial charge in [-0.1, -0.05) is 23.2 Å². The molecule has 0 heterocycles. The van der Waals surface area contributed by atoms with Crippen LogP contribution in [0.1, 0.15) is 32.6 Å². The number of benzene rings is 1. The number of anilines is 1. The van der Waals surface area contributed by atoms with Gasteiger partial charge in [0.2, 0.25) is 0 Å². The molecule has 1 N–H and O–H groups in total. The lowest BCUT2D eigenvalue weighted by Gasteiger charge is -2.18. The molecule has 0 aliphatic heterocycles. The van der Waals surface area contributed by atoms with E-state index in [2.05, 4.69) is 5.32 Å². The third kappa shape index (κ3) is 4.02. The van der Waals surface area contributed by atoms with Crippen LogP contribution in [0.5, 0.6) is 0 Å². The van der Waals surface area contributed by atoms with Crippen molar-refractivity contribution in [1.29, 1.82) is 0 Å². The molecule has 1 atom stereocenters. The van der Waals surface area contributed by atoms with Crippen LogP contribution < -0.4 is 5.32 Å². The van der Waals surface area contributed by atoms with Gasteiger partial charge >= 0.3 is 5.97 Å². The lowest BCUT2D eigenvalue weighted by atomic mass is 10.2. The first kappa shape index (κ1) is 14.5. The second-order valence-electron chi connectivity index (χ2n) is 4.84. The van der Waals surface area contributed by atoms with Crippen molar-refractivity contribution in [3.05, 3.63) is 28.2 Å². The van der Waals surface area contributed by atoms with E-state index < -0.39 is 6.04 Å². The quantitative estimate of drug-likeness (QED) is 0.844. The van der Waals surface area contributed by atoms with Gasteiger partial charge in [-0.3, -0.25) is 0 Å². The molecule has 1 aromatic carbocycles. The predicted octanol–water partition coefficient (Wildman–Crippen LogP) is 4.28. The molecule has 0 spiro atoms. The van der Waals surface area contributed by atoms with Gasteiger partial charge in [0.25, 0.3) is 0 Å². The van der Waals surface area contributed by atoms with Gasteiger partial charge in [0, 0.05) is 5.69 Å².